The minimum atomic E-state index is -4.11. The zero-order valence-corrected chi connectivity index (χ0v) is 18.2. The van der Waals surface area contributed by atoms with E-state index in [2.05, 4.69) is 19.9 Å². The van der Waals surface area contributed by atoms with Crippen LogP contribution in [0, 0.1) is 5.82 Å². The third-order valence-electron chi connectivity index (χ3n) is 4.95. The maximum absolute atomic E-state index is 14.7. The van der Waals surface area contributed by atoms with Gasteiger partial charge in [-0.3, -0.25) is 4.72 Å². The number of hydrogen-bond donors (Lipinski definition) is 2. The molecular weight excluding hydrogens is 423 g/mol. The molecule has 154 valence electrons. The highest BCUT2D eigenvalue weighted by Gasteiger charge is 2.27. The van der Waals surface area contributed by atoms with E-state index in [1.165, 1.54) is 12.6 Å². The van der Waals surface area contributed by atoms with Crippen molar-refractivity contribution in [2.75, 3.05) is 24.1 Å². The summed E-state index contributed by atoms with van der Waals surface area (Å²) < 4.78 is 41.9. The minimum absolute atomic E-state index is 0.116. The van der Waals surface area contributed by atoms with Crippen LogP contribution in [0.15, 0.2) is 28.6 Å². The molecule has 0 spiro atoms. The smallest absolute Gasteiger partial charge is 0.266 e. The summed E-state index contributed by atoms with van der Waals surface area (Å²) in [6, 6.07) is 2.73. The van der Waals surface area contributed by atoms with Gasteiger partial charge < -0.3 is 10.2 Å². The Morgan fingerprint density at radius 3 is 2.68 bits per heavy atom. The Hall–Kier alpha value is -1.42. The van der Waals surface area contributed by atoms with E-state index >= 15 is 0 Å². The predicted octanol–water partition coefficient (Wildman–Crippen LogP) is 4.41. The SMILES string of the molecule is CN(C)[C@H]1CCCCCC1Nc1cc(F)c(S(=O)(=O)Nc2nccs2)cc1Cl. The van der Waals surface area contributed by atoms with Gasteiger partial charge in [-0.1, -0.05) is 30.9 Å². The fourth-order valence-corrected chi connectivity index (χ4v) is 5.72. The predicted molar refractivity (Wildman–Crippen MR) is 112 cm³/mol. The lowest BCUT2D eigenvalue weighted by molar-refractivity contribution is 0.251. The van der Waals surface area contributed by atoms with Crippen LogP contribution in [0.2, 0.25) is 5.02 Å². The van der Waals surface area contributed by atoms with Gasteiger partial charge in [0.25, 0.3) is 10.0 Å². The van der Waals surface area contributed by atoms with Crippen molar-refractivity contribution in [1.82, 2.24) is 9.88 Å². The first-order valence-electron chi connectivity index (χ1n) is 9.12. The molecule has 2 aromatic rings. The molecule has 0 amide bonds. The molecule has 0 radical (unpaired) electrons. The lowest BCUT2D eigenvalue weighted by Gasteiger charge is -2.32. The van der Waals surface area contributed by atoms with E-state index in [4.69, 9.17) is 11.6 Å². The van der Waals surface area contributed by atoms with E-state index in [0.29, 0.717) is 11.7 Å². The second-order valence-corrected chi connectivity index (χ2v) is 10.1. The quantitative estimate of drug-likeness (QED) is 0.643. The Bertz CT molecular complexity index is 907. The van der Waals surface area contributed by atoms with Gasteiger partial charge in [0.1, 0.15) is 10.7 Å². The molecule has 1 aromatic heterocycles. The molecule has 10 heteroatoms. The van der Waals surface area contributed by atoms with Gasteiger partial charge in [-0.15, -0.1) is 11.3 Å². The molecule has 1 fully saturated rings. The molecule has 28 heavy (non-hydrogen) atoms. The van der Waals surface area contributed by atoms with Crippen LogP contribution in [0.1, 0.15) is 32.1 Å². The van der Waals surface area contributed by atoms with Crippen molar-refractivity contribution >= 4 is 43.8 Å². The number of anilines is 2. The second kappa shape index (κ2) is 8.94. The first kappa shape index (κ1) is 21.3. The number of halogens is 2. The molecule has 1 aromatic carbocycles. The molecule has 2 atom stereocenters. The number of thiazole rings is 1. The number of benzene rings is 1. The van der Waals surface area contributed by atoms with Gasteiger partial charge in [-0.2, -0.15) is 0 Å². The van der Waals surface area contributed by atoms with Crippen LogP contribution < -0.4 is 10.0 Å². The molecule has 0 bridgehead atoms. The Labute approximate surface area is 174 Å². The van der Waals surface area contributed by atoms with E-state index in [1.807, 2.05) is 14.1 Å². The number of sulfonamides is 1. The molecule has 1 aliphatic rings. The van der Waals surface area contributed by atoms with Gasteiger partial charge in [0, 0.05) is 23.7 Å². The minimum Gasteiger partial charge on any atom is -0.379 e. The Morgan fingerprint density at radius 2 is 2.00 bits per heavy atom. The zero-order chi connectivity index (χ0) is 20.3. The van der Waals surface area contributed by atoms with E-state index in [0.717, 1.165) is 49.2 Å². The standard InChI is InChI=1S/C18H24ClFN4O2S2/c1-24(2)16-7-5-3-4-6-14(16)22-15-11-13(20)17(10-12(15)19)28(25,26)23-18-21-8-9-27-18/h8-11,14,16,22H,3-7H2,1-2H3,(H,21,23)/t14?,16-/m0/s1. The molecule has 0 saturated heterocycles. The number of likely N-dealkylation sites (N-methyl/N-ethyl adjacent to an activating group) is 1. The van der Waals surface area contributed by atoms with Crippen LogP contribution in [0.4, 0.5) is 15.2 Å². The number of nitrogens with one attached hydrogen (secondary N) is 2. The van der Waals surface area contributed by atoms with Crippen molar-refractivity contribution in [3.05, 3.63) is 34.5 Å². The number of aromatic nitrogens is 1. The molecule has 6 nitrogen and oxygen atoms in total. The topological polar surface area (TPSA) is 74.3 Å². The van der Waals surface area contributed by atoms with Crippen molar-refractivity contribution < 1.29 is 12.8 Å². The van der Waals surface area contributed by atoms with Gasteiger partial charge in [0.05, 0.1) is 10.7 Å². The third kappa shape index (κ3) is 4.94. The third-order valence-corrected chi connectivity index (χ3v) is 7.43. The monoisotopic (exact) mass is 446 g/mol. The highest BCUT2D eigenvalue weighted by Crippen LogP contribution is 2.32. The van der Waals surface area contributed by atoms with Gasteiger partial charge in [0.2, 0.25) is 0 Å². The highest BCUT2D eigenvalue weighted by molar-refractivity contribution is 7.93. The summed E-state index contributed by atoms with van der Waals surface area (Å²) in [5.41, 5.74) is 0.408. The first-order valence-corrected chi connectivity index (χ1v) is 11.9. The summed E-state index contributed by atoms with van der Waals surface area (Å²) >= 11 is 7.44. The lowest BCUT2D eigenvalue weighted by Crippen LogP contribution is -2.42. The molecular formula is C18H24ClFN4O2S2. The van der Waals surface area contributed by atoms with Crippen LogP contribution in [0.3, 0.4) is 0 Å². The van der Waals surface area contributed by atoms with Crippen molar-refractivity contribution in [3.8, 4) is 0 Å². The second-order valence-electron chi connectivity index (χ2n) is 7.13. The number of nitrogens with zero attached hydrogens (tertiary/aromatic N) is 2. The molecule has 3 rings (SSSR count). The largest absolute Gasteiger partial charge is 0.379 e. The van der Waals surface area contributed by atoms with Crippen LogP contribution in [0.5, 0.6) is 0 Å². The average Bonchev–Trinajstić information content (AvgIpc) is 3.00. The normalized spacial score (nSPS) is 20.8. The van der Waals surface area contributed by atoms with Gasteiger partial charge in [0.15, 0.2) is 5.13 Å². The zero-order valence-electron chi connectivity index (χ0n) is 15.8. The molecule has 0 aliphatic heterocycles. The summed E-state index contributed by atoms with van der Waals surface area (Å²) in [4.78, 5) is 5.54. The maximum Gasteiger partial charge on any atom is 0.266 e. The summed E-state index contributed by atoms with van der Waals surface area (Å²) in [5.74, 6) is -0.856. The van der Waals surface area contributed by atoms with E-state index in [9.17, 15) is 12.8 Å². The van der Waals surface area contributed by atoms with Gasteiger partial charge in [-0.25, -0.2) is 17.8 Å². The maximum atomic E-state index is 14.7. The molecule has 1 heterocycles. The summed E-state index contributed by atoms with van der Waals surface area (Å²) in [7, 11) is -0.0448. The summed E-state index contributed by atoms with van der Waals surface area (Å²) in [6.07, 6.45) is 6.88. The Morgan fingerprint density at radius 1 is 1.25 bits per heavy atom. The van der Waals surface area contributed by atoms with E-state index in [-0.39, 0.29) is 16.2 Å². The number of rotatable bonds is 6. The van der Waals surface area contributed by atoms with Crippen LogP contribution in [-0.2, 0) is 10.0 Å². The summed E-state index contributed by atoms with van der Waals surface area (Å²) in [5, 5.41) is 5.31. The van der Waals surface area contributed by atoms with Crippen molar-refractivity contribution in [3.63, 3.8) is 0 Å². The van der Waals surface area contributed by atoms with Crippen LogP contribution >= 0.6 is 22.9 Å². The Kier molecular flexibility index (Phi) is 6.80. The van der Waals surface area contributed by atoms with Crippen LogP contribution in [-0.4, -0.2) is 44.5 Å². The molecule has 1 saturated carbocycles. The van der Waals surface area contributed by atoms with Crippen LogP contribution in [0.25, 0.3) is 0 Å². The lowest BCUT2D eigenvalue weighted by atomic mass is 10.0. The van der Waals surface area contributed by atoms with Crippen molar-refractivity contribution in [2.45, 2.75) is 49.1 Å². The van der Waals surface area contributed by atoms with Gasteiger partial charge >= 0.3 is 0 Å². The van der Waals surface area contributed by atoms with E-state index in [1.54, 1.807) is 5.38 Å². The van der Waals surface area contributed by atoms with E-state index < -0.39 is 20.7 Å². The molecule has 2 N–H and O–H groups in total. The van der Waals surface area contributed by atoms with Crippen molar-refractivity contribution in [2.24, 2.45) is 0 Å². The average molecular weight is 447 g/mol. The molecule has 1 unspecified atom stereocenters. The summed E-state index contributed by atoms with van der Waals surface area (Å²) in [6.45, 7) is 0. The first-order chi connectivity index (χ1) is 13.3. The fourth-order valence-electron chi connectivity index (χ4n) is 3.56. The Balaban J connectivity index is 1.85. The number of hydrogen-bond acceptors (Lipinski definition) is 6. The fraction of sp³-hybridized carbons (Fsp3) is 0.500. The molecule has 1 aliphatic carbocycles. The van der Waals surface area contributed by atoms with Crippen molar-refractivity contribution in [1.29, 1.82) is 0 Å². The highest BCUT2D eigenvalue weighted by atomic mass is 35.5. The van der Waals surface area contributed by atoms with Gasteiger partial charge in [-0.05, 0) is 39.1 Å².